The van der Waals surface area contributed by atoms with Gasteiger partial charge < -0.3 is 10.5 Å². The largest absolute Gasteiger partial charge is 0.494 e. The standard InChI is InChI=1S/C13H16N4O2/c14-8-2-1-3-9-19-12-6-4-11(5-7-12)10-16-17-13(15)18/h4-7,10H,1-3,9H2,(H3,15,17,18). The van der Waals surface area contributed by atoms with E-state index in [0.29, 0.717) is 13.0 Å². The average molecular weight is 260 g/mol. The highest BCUT2D eigenvalue weighted by molar-refractivity contribution is 5.81. The molecule has 6 heteroatoms. The molecule has 0 spiro atoms. The van der Waals surface area contributed by atoms with Gasteiger partial charge in [0.2, 0.25) is 0 Å². The number of hydrogen-bond acceptors (Lipinski definition) is 4. The average Bonchev–Trinajstić information content (AvgIpc) is 2.40. The van der Waals surface area contributed by atoms with Crippen LogP contribution < -0.4 is 15.9 Å². The van der Waals surface area contributed by atoms with Crippen molar-refractivity contribution < 1.29 is 9.53 Å². The Hall–Kier alpha value is -2.55. The zero-order valence-electron chi connectivity index (χ0n) is 10.5. The number of nitrogens with one attached hydrogen (secondary N) is 1. The summed E-state index contributed by atoms with van der Waals surface area (Å²) < 4.78 is 5.51. The van der Waals surface area contributed by atoms with Crippen LogP contribution in [0.2, 0.25) is 0 Å². The van der Waals surface area contributed by atoms with Crippen molar-refractivity contribution in [2.75, 3.05) is 6.61 Å². The van der Waals surface area contributed by atoms with Gasteiger partial charge in [0, 0.05) is 6.42 Å². The van der Waals surface area contributed by atoms with E-state index in [1.807, 2.05) is 24.3 Å². The van der Waals surface area contributed by atoms with Crippen LogP contribution in [0.5, 0.6) is 5.75 Å². The van der Waals surface area contributed by atoms with Crippen LogP contribution in [0.25, 0.3) is 0 Å². The first kappa shape index (κ1) is 14.5. The van der Waals surface area contributed by atoms with Crippen LogP contribution in [-0.2, 0) is 0 Å². The van der Waals surface area contributed by atoms with Crippen molar-refractivity contribution in [3.63, 3.8) is 0 Å². The molecule has 0 aliphatic carbocycles. The molecule has 0 aromatic heterocycles. The molecule has 100 valence electrons. The molecular formula is C13H16N4O2. The maximum atomic E-state index is 10.4. The summed E-state index contributed by atoms with van der Waals surface area (Å²) >= 11 is 0. The summed E-state index contributed by atoms with van der Waals surface area (Å²) in [7, 11) is 0. The maximum Gasteiger partial charge on any atom is 0.332 e. The minimum Gasteiger partial charge on any atom is -0.494 e. The Morgan fingerprint density at radius 3 is 2.79 bits per heavy atom. The highest BCUT2D eigenvalue weighted by Crippen LogP contribution is 2.11. The Morgan fingerprint density at radius 2 is 2.16 bits per heavy atom. The fourth-order valence-electron chi connectivity index (χ4n) is 1.32. The van der Waals surface area contributed by atoms with Crippen molar-refractivity contribution in [3.05, 3.63) is 29.8 Å². The Morgan fingerprint density at radius 1 is 1.42 bits per heavy atom. The number of ether oxygens (including phenoxy) is 1. The molecule has 0 unspecified atom stereocenters. The van der Waals surface area contributed by atoms with E-state index < -0.39 is 6.03 Å². The summed E-state index contributed by atoms with van der Waals surface area (Å²) in [6.07, 6.45) is 3.76. The second-order valence-corrected chi connectivity index (χ2v) is 3.77. The van der Waals surface area contributed by atoms with E-state index in [1.165, 1.54) is 6.21 Å². The molecule has 0 saturated heterocycles. The number of nitrogens with zero attached hydrogens (tertiary/aromatic N) is 2. The van der Waals surface area contributed by atoms with E-state index in [0.717, 1.165) is 24.2 Å². The number of primary amides is 1. The van der Waals surface area contributed by atoms with E-state index in [-0.39, 0.29) is 0 Å². The number of hydrogen-bond donors (Lipinski definition) is 2. The lowest BCUT2D eigenvalue weighted by molar-refractivity contribution is 0.249. The molecule has 2 amide bonds. The number of hydrazone groups is 1. The lowest BCUT2D eigenvalue weighted by Gasteiger charge is -2.05. The zero-order valence-corrected chi connectivity index (χ0v) is 10.5. The number of amides is 2. The minimum atomic E-state index is -0.700. The van der Waals surface area contributed by atoms with E-state index in [1.54, 1.807) is 0 Å². The van der Waals surface area contributed by atoms with Crippen LogP contribution in [0, 0.1) is 11.3 Å². The van der Waals surface area contributed by atoms with Gasteiger partial charge in [-0.25, -0.2) is 10.2 Å². The van der Waals surface area contributed by atoms with Gasteiger partial charge in [0.05, 0.1) is 18.9 Å². The lowest BCUT2D eigenvalue weighted by Crippen LogP contribution is -2.24. The van der Waals surface area contributed by atoms with Crippen LogP contribution in [0.3, 0.4) is 0 Å². The smallest absolute Gasteiger partial charge is 0.332 e. The normalized spacial score (nSPS) is 10.1. The molecule has 0 aliphatic rings. The van der Waals surface area contributed by atoms with Gasteiger partial charge in [-0.15, -0.1) is 0 Å². The first-order valence-corrected chi connectivity index (χ1v) is 5.90. The molecule has 6 nitrogen and oxygen atoms in total. The molecule has 3 N–H and O–H groups in total. The number of urea groups is 1. The lowest BCUT2D eigenvalue weighted by atomic mass is 10.2. The van der Waals surface area contributed by atoms with Crippen LogP contribution in [0.15, 0.2) is 29.4 Å². The van der Waals surface area contributed by atoms with Gasteiger partial charge in [0.15, 0.2) is 0 Å². The fraction of sp³-hybridized carbons (Fsp3) is 0.308. The number of nitrogens with two attached hydrogens (primary N) is 1. The van der Waals surface area contributed by atoms with Gasteiger partial charge in [0.1, 0.15) is 5.75 Å². The molecule has 1 aromatic carbocycles. The van der Waals surface area contributed by atoms with Crippen molar-refractivity contribution in [1.29, 1.82) is 5.26 Å². The highest BCUT2D eigenvalue weighted by Gasteiger charge is 1.94. The SMILES string of the molecule is N#CCCCCOc1ccc(C=NNC(N)=O)cc1. The van der Waals surface area contributed by atoms with Gasteiger partial charge in [-0.3, -0.25) is 0 Å². The third-order valence-electron chi connectivity index (χ3n) is 2.22. The fourth-order valence-corrected chi connectivity index (χ4v) is 1.32. The predicted molar refractivity (Wildman–Crippen MR) is 71.7 cm³/mol. The molecule has 0 atom stereocenters. The van der Waals surface area contributed by atoms with E-state index >= 15 is 0 Å². The monoisotopic (exact) mass is 260 g/mol. The van der Waals surface area contributed by atoms with Crippen molar-refractivity contribution in [1.82, 2.24) is 5.43 Å². The van der Waals surface area contributed by atoms with Gasteiger partial charge in [-0.05, 0) is 42.7 Å². The van der Waals surface area contributed by atoms with Crippen LogP contribution in [0.1, 0.15) is 24.8 Å². The van der Waals surface area contributed by atoms with E-state index in [2.05, 4.69) is 16.6 Å². The summed E-state index contributed by atoms with van der Waals surface area (Å²) in [6.45, 7) is 0.596. The van der Waals surface area contributed by atoms with E-state index in [9.17, 15) is 4.79 Å². The number of unbranched alkanes of at least 4 members (excludes halogenated alkanes) is 2. The van der Waals surface area contributed by atoms with Crippen molar-refractivity contribution in [2.45, 2.75) is 19.3 Å². The summed E-state index contributed by atoms with van der Waals surface area (Å²) in [4.78, 5) is 10.4. The number of rotatable bonds is 7. The Labute approximate surface area is 111 Å². The molecule has 0 heterocycles. The quantitative estimate of drug-likeness (QED) is 0.443. The third kappa shape index (κ3) is 6.68. The molecule has 0 aliphatic heterocycles. The molecule has 19 heavy (non-hydrogen) atoms. The Bertz CT molecular complexity index is 463. The molecule has 0 radical (unpaired) electrons. The second kappa shape index (κ2) is 8.53. The topological polar surface area (TPSA) is 100 Å². The molecule has 0 bridgehead atoms. The van der Waals surface area contributed by atoms with Gasteiger partial charge >= 0.3 is 6.03 Å². The summed E-state index contributed by atoms with van der Waals surface area (Å²) in [5, 5.41) is 12.0. The number of nitriles is 1. The molecule has 1 rings (SSSR count). The van der Waals surface area contributed by atoms with Gasteiger partial charge in [-0.2, -0.15) is 10.4 Å². The maximum absolute atomic E-state index is 10.4. The predicted octanol–water partition coefficient (Wildman–Crippen LogP) is 1.76. The molecule has 0 fully saturated rings. The zero-order chi connectivity index (χ0) is 13.9. The Kier molecular flexibility index (Phi) is 6.51. The third-order valence-corrected chi connectivity index (χ3v) is 2.22. The van der Waals surface area contributed by atoms with Crippen molar-refractivity contribution >= 4 is 12.2 Å². The Balaban J connectivity index is 2.33. The molecular weight excluding hydrogens is 244 g/mol. The highest BCUT2D eigenvalue weighted by atomic mass is 16.5. The minimum absolute atomic E-state index is 0.561. The number of carbonyl (C=O) groups is 1. The second-order valence-electron chi connectivity index (χ2n) is 3.77. The first-order valence-electron chi connectivity index (χ1n) is 5.90. The van der Waals surface area contributed by atoms with Crippen molar-refractivity contribution in [2.24, 2.45) is 10.8 Å². The van der Waals surface area contributed by atoms with Crippen LogP contribution in [0.4, 0.5) is 4.79 Å². The number of benzene rings is 1. The van der Waals surface area contributed by atoms with Gasteiger partial charge in [0.25, 0.3) is 0 Å². The van der Waals surface area contributed by atoms with Crippen LogP contribution in [-0.4, -0.2) is 18.9 Å². The van der Waals surface area contributed by atoms with Crippen LogP contribution >= 0.6 is 0 Å². The summed E-state index contributed by atoms with van der Waals surface area (Å²) in [5.41, 5.74) is 7.80. The van der Waals surface area contributed by atoms with E-state index in [4.69, 9.17) is 15.7 Å². The van der Waals surface area contributed by atoms with Gasteiger partial charge in [-0.1, -0.05) is 0 Å². The summed E-state index contributed by atoms with van der Waals surface area (Å²) in [6, 6.07) is 8.66. The molecule has 0 saturated carbocycles. The first-order chi connectivity index (χ1) is 9.22. The number of carbonyl (C=O) groups excluding carboxylic acids is 1. The molecule has 1 aromatic rings. The summed E-state index contributed by atoms with van der Waals surface area (Å²) in [5.74, 6) is 0.761. The van der Waals surface area contributed by atoms with Crippen molar-refractivity contribution in [3.8, 4) is 11.8 Å².